The number of piperidine rings is 1. The van der Waals surface area contributed by atoms with Crippen LogP contribution in [0.5, 0.6) is 5.75 Å². The molecule has 1 aromatic carbocycles. The Morgan fingerprint density at radius 3 is 2.63 bits per heavy atom. The van der Waals surface area contributed by atoms with Crippen LogP contribution >= 0.6 is 11.8 Å². The highest BCUT2D eigenvalue weighted by molar-refractivity contribution is 7.99. The summed E-state index contributed by atoms with van der Waals surface area (Å²) in [5.41, 5.74) is 0.638. The molecule has 0 unspecified atom stereocenters. The number of methoxy groups -OCH3 is 1. The normalized spacial score (nSPS) is 16.1. The predicted octanol–water partition coefficient (Wildman–Crippen LogP) is 1.38. The molecule has 0 atom stereocenters. The van der Waals surface area contributed by atoms with E-state index in [1.165, 1.54) is 35.5 Å². The van der Waals surface area contributed by atoms with Crippen LogP contribution < -0.4 is 10.1 Å². The first kappa shape index (κ1) is 21.5. The van der Waals surface area contributed by atoms with Gasteiger partial charge in [-0.05, 0) is 24.5 Å². The first-order valence-corrected chi connectivity index (χ1v) is 11.3. The molecule has 0 spiro atoms. The van der Waals surface area contributed by atoms with E-state index in [-0.39, 0.29) is 29.1 Å². The van der Waals surface area contributed by atoms with Crippen LogP contribution in [0, 0.1) is 10.1 Å². The number of thioether (sulfide) groups is 1. The number of rotatable bonds is 8. The molecule has 9 nitrogen and oxygen atoms in total. The van der Waals surface area contributed by atoms with Gasteiger partial charge in [0.15, 0.2) is 5.75 Å². The molecule has 11 heteroatoms. The van der Waals surface area contributed by atoms with E-state index in [1.54, 1.807) is 12.1 Å². The van der Waals surface area contributed by atoms with E-state index < -0.39 is 14.9 Å². The number of hydrogen-bond acceptors (Lipinski definition) is 7. The summed E-state index contributed by atoms with van der Waals surface area (Å²) in [4.78, 5) is 22.6. The van der Waals surface area contributed by atoms with Crippen molar-refractivity contribution in [1.82, 2.24) is 9.62 Å². The van der Waals surface area contributed by atoms with Crippen molar-refractivity contribution < 1.29 is 22.9 Å². The Labute approximate surface area is 162 Å². The molecule has 1 heterocycles. The van der Waals surface area contributed by atoms with Crippen LogP contribution in [0.15, 0.2) is 18.2 Å². The van der Waals surface area contributed by atoms with Crippen molar-refractivity contribution >= 4 is 33.4 Å². The highest BCUT2D eigenvalue weighted by atomic mass is 32.2. The van der Waals surface area contributed by atoms with Crippen molar-refractivity contribution in [2.75, 3.05) is 32.2 Å². The van der Waals surface area contributed by atoms with Gasteiger partial charge in [-0.3, -0.25) is 14.9 Å². The third-order valence-electron chi connectivity index (χ3n) is 4.23. The second-order valence-corrected chi connectivity index (χ2v) is 9.23. The van der Waals surface area contributed by atoms with E-state index in [9.17, 15) is 23.3 Å². The summed E-state index contributed by atoms with van der Waals surface area (Å²) in [5, 5.41) is 14.0. The van der Waals surface area contributed by atoms with Gasteiger partial charge in [0.25, 0.3) is 0 Å². The van der Waals surface area contributed by atoms with Crippen molar-refractivity contribution in [2.45, 2.75) is 24.6 Å². The fourth-order valence-electron chi connectivity index (χ4n) is 2.83. The van der Waals surface area contributed by atoms with E-state index in [1.807, 2.05) is 0 Å². The molecule has 1 saturated heterocycles. The Kier molecular flexibility index (Phi) is 7.45. The monoisotopic (exact) mass is 417 g/mol. The van der Waals surface area contributed by atoms with Crippen LogP contribution in [0.25, 0.3) is 0 Å². The number of nitro groups is 1. The molecule has 1 aliphatic rings. The van der Waals surface area contributed by atoms with Gasteiger partial charge >= 0.3 is 5.69 Å². The minimum atomic E-state index is -3.18. The second-order valence-electron chi connectivity index (χ2n) is 6.26. The minimum absolute atomic E-state index is 0.0295. The Morgan fingerprint density at radius 1 is 1.41 bits per heavy atom. The predicted molar refractivity (Wildman–Crippen MR) is 103 cm³/mol. The Bertz CT molecular complexity index is 791. The molecule has 2 rings (SSSR count). The number of ether oxygens (including phenoxy) is 1. The number of nitrogens with zero attached hydrogens (tertiary/aromatic N) is 2. The number of hydrogen-bond donors (Lipinski definition) is 1. The highest BCUT2D eigenvalue weighted by Gasteiger charge is 2.25. The summed E-state index contributed by atoms with van der Waals surface area (Å²) in [5.74, 6) is 0.768. The van der Waals surface area contributed by atoms with Crippen LogP contribution in [-0.4, -0.2) is 61.8 Å². The van der Waals surface area contributed by atoms with E-state index in [2.05, 4.69) is 5.32 Å². The smallest absolute Gasteiger partial charge is 0.311 e. The van der Waals surface area contributed by atoms with Gasteiger partial charge < -0.3 is 10.1 Å². The number of nitro benzene ring substituents is 1. The third kappa shape index (κ3) is 6.36. The van der Waals surface area contributed by atoms with Crippen LogP contribution in [0.2, 0.25) is 0 Å². The molecule has 1 N–H and O–H groups in total. The Balaban J connectivity index is 1.77. The number of nitrogens with one attached hydrogen (secondary N) is 1. The SMILES string of the molecule is COc1ccc(CSCC(=O)NC2CCN(S(C)(=O)=O)CC2)cc1[N+](=O)[O-]. The average Bonchev–Trinajstić information content (AvgIpc) is 2.61. The lowest BCUT2D eigenvalue weighted by atomic mass is 10.1. The molecule has 0 radical (unpaired) electrons. The van der Waals surface area contributed by atoms with Gasteiger partial charge in [0, 0.05) is 31.0 Å². The van der Waals surface area contributed by atoms with Gasteiger partial charge in [-0.2, -0.15) is 0 Å². The van der Waals surface area contributed by atoms with Gasteiger partial charge in [-0.1, -0.05) is 6.07 Å². The lowest BCUT2D eigenvalue weighted by Gasteiger charge is -2.30. The zero-order valence-corrected chi connectivity index (χ0v) is 16.8. The van der Waals surface area contributed by atoms with Crippen molar-refractivity contribution in [3.05, 3.63) is 33.9 Å². The first-order chi connectivity index (χ1) is 12.7. The number of sulfonamides is 1. The van der Waals surface area contributed by atoms with Gasteiger partial charge in [0.1, 0.15) is 0 Å². The van der Waals surface area contributed by atoms with Crippen LogP contribution in [0.3, 0.4) is 0 Å². The third-order valence-corrected chi connectivity index (χ3v) is 6.54. The summed E-state index contributed by atoms with van der Waals surface area (Å²) in [6, 6.07) is 4.70. The van der Waals surface area contributed by atoms with Crippen LogP contribution in [0.4, 0.5) is 5.69 Å². The van der Waals surface area contributed by atoms with E-state index in [0.717, 1.165) is 5.56 Å². The van der Waals surface area contributed by atoms with E-state index in [0.29, 0.717) is 31.7 Å². The van der Waals surface area contributed by atoms with Gasteiger partial charge in [0.2, 0.25) is 15.9 Å². The van der Waals surface area contributed by atoms with Gasteiger partial charge in [-0.25, -0.2) is 12.7 Å². The summed E-state index contributed by atoms with van der Waals surface area (Å²) < 4.78 is 29.3. The van der Waals surface area contributed by atoms with Crippen LogP contribution in [0.1, 0.15) is 18.4 Å². The fraction of sp³-hybridized carbons (Fsp3) is 0.562. The topological polar surface area (TPSA) is 119 Å². The molecule has 150 valence electrons. The standard InChI is InChI=1S/C16H23N3O6S2/c1-25-15-4-3-12(9-14(15)19(21)22)10-26-11-16(20)17-13-5-7-18(8-6-13)27(2,23)24/h3-4,9,13H,5-8,10-11H2,1-2H3,(H,17,20). The van der Waals surface area contributed by atoms with Crippen molar-refractivity contribution in [2.24, 2.45) is 0 Å². The highest BCUT2D eigenvalue weighted by Crippen LogP contribution is 2.29. The molecule has 1 amide bonds. The molecule has 1 aromatic rings. The number of amides is 1. The van der Waals surface area contributed by atoms with Crippen molar-refractivity contribution in [3.63, 3.8) is 0 Å². The lowest BCUT2D eigenvalue weighted by Crippen LogP contribution is -2.46. The average molecular weight is 418 g/mol. The molecule has 0 aliphatic carbocycles. The molecular weight excluding hydrogens is 394 g/mol. The van der Waals surface area contributed by atoms with Crippen molar-refractivity contribution in [1.29, 1.82) is 0 Å². The minimum Gasteiger partial charge on any atom is -0.490 e. The summed E-state index contributed by atoms with van der Waals surface area (Å²) in [7, 11) is -1.80. The maximum absolute atomic E-state index is 12.1. The Morgan fingerprint density at radius 2 is 2.07 bits per heavy atom. The number of carbonyl (C=O) groups is 1. The molecule has 27 heavy (non-hydrogen) atoms. The maximum atomic E-state index is 12.1. The number of carbonyl (C=O) groups excluding carboxylic acids is 1. The maximum Gasteiger partial charge on any atom is 0.311 e. The molecule has 1 aliphatic heterocycles. The molecule has 0 bridgehead atoms. The zero-order valence-electron chi connectivity index (χ0n) is 15.2. The quantitative estimate of drug-likeness (QED) is 0.501. The summed E-state index contributed by atoms with van der Waals surface area (Å²) >= 11 is 1.36. The number of benzene rings is 1. The fourth-order valence-corrected chi connectivity index (χ4v) is 4.49. The Hall–Kier alpha value is -1.85. The van der Waals surface area contributed by atoms with Crippen LogP contribution in [-0.2, 0) is 20.6 Å². The first-order valence-electron chi connectivity index (χ1n) is 8.34. The molecule has 0 saturated carbocycles. The largest absolute Gasteiger partial charge is 0.490 e. The summed E-state index contributed by atoms with van der Waals surface area (Å²) in [6.45, 7) is 0.818. The van der Waals surface area contributed by atoms with Crippen molar-refractivity contribution in [3.8, 4) is 5.75 Å². The lowest BCUT2D eigenvalue weighted by molar-refractivity contribution is -0.385. The molecule has 0 aromatic heterocycles. The van der Waals surface area contributed by atoms with E-state index in [4.69, 9.17) is 4.74 Å². The van der Waals surface area contributed by atoms with Gasteiger partial charge in [0.05, 0.1) is 24.0 Å². The second kappa shape index (κ2) is 9.38. The summed E-state index contributed by atoms with van der Waals surface area (Å²) in [6.07, 6.45) is 2.37. The zero-order chi connectivity index (χ0) is 20.0. The van der Waals surface area contributed by atoms with E-state index >= 15 is 0 Å². The van der Waals surface area contributed by atoms with Gasteiger partial charge in [-0.15, -0.1) is 11.8 Å². The molecule has 1 fully saturated rings. The molecular formula is C16H23N3O6S2.